The van der Waals surface area contributed by atoms with E-state index in [1.54, 1.807) is 7.05 Å². The Morgan fingerprint density at radius 2 is 1.94 bits per heavy atom. The maximum absolute atomic E-state index is 11.6. The standard InChI is InChI=1S/C14H22N2O/c1-10-6-7-12(14(2,3)4)8-11(10)9-13(17)16-15-5/h6-8,15H,9H2,1-5H3,(H,16,17). The van der Waals surface area contributed by atoms with Gasteiger partial charge >= 0.3 is 0 Å². The average Bonchev–Trinajstić information content (AvgIpc) is 2.20. The number of benzene rings is 1. The summed E-state index contributed by atoms with van der Waals surface area (Å²) in [6, 6.07) is 6.35. The van der Waals surface area contributed by atoms with E-state index in [0.717, 1.165) is 11.1 Å². The molecule has 1 aromatic carbocycles. The third kappa shape index (κ3) is 3.86. The van der Waals surface area contributed by atoms with Crippen LogP contribution >= 0.6 is 0 Å². The van der Waals surface area contributed by atoms with E-state index in [0.29, 0.717) is 6.42 Å². The van der Waals surface area contributed by atoms with Crippen LogP contribution in [0.5, 0.6) is 0 Å². The summed E-state index contributed by atoms with van der Waals surface area (Å²) in [7, 11) is 1.69. The van der Waals surface area contributed by atoms with Gasteiger partial charge < -0.3 is 0 Å². The van der Waals surface area contributed by atoms with Crippen molar-refractivity contribution < 1.29 is 4.79 Å². The zero-order valence-corrected chi connectivity index (χ0v) is 11.3. The summed E-state index contributed by atoms with van der Waals surface area (Å²) >= 11 is 0. The van der Waals surface area contributed by atoms with Crippen molar-refractivity contribution in [2.75, 3.05) is 7.05 Å². The van der Waals surface area contributed by atoms with Gasteiger partial charge in [0.25, 0.3) is 0 Å². The predicted octanol–water partition coefficient (Wildman–Crippen LogP) is 2.09. The molecule has 1 rings (SSSR count). The third-order valence-corrected chi connectivity index (χ3v) is 2.83. The van der Waals surface area contributed by atoms with Crippen LogP contribution in [0.4, 0.5) is 0 Å². The van der Waals surface area contributed by atoms with Gasteiger partial charge in [-0.15, -0.1) is 0 Å². The maximum atomic E-state index is 11.6. The van der Waals surface area contributed by atoms with Gasteiger partial charge in [-0.2, -0.15) is 0 Å². The van der Waals surface area contributed by atoms with Gasteiger partial charge in [0.2, 0.25) is 5.91 Å². The third-order valence-electron chi connectivity index (χ3n) is 2.83. The van der Waals surface area contributed by atoms with E-state index in [9.17, 15) is 4.79 Å². The minimum Gasteiger partial charge on any atom is -0.292 e. The Hall–Kier alpha value is -1.35. The average molecular weight is 234 g/mol. The zero-order chi connectivity index (χ0) is 13.1. The first-order valence-electron chi connectivity index (χ1n) is 5.90. The van der Waals surface area contributed by atoms with E-state index >= 15 is 0 Å². The van der Waals surface area contributed by atoms with Crippen LogP contribution in [0.25, 0.3) is 0 Å². The Morgan fingerprint density at radius 1 is 1.29 bits per heavy atom. The molecule has 94 valence electrons. The molecule has 3 nitrogen and oxygen atoms in total. The smallest absolute Gasteiger partial charge is 0.238 e. The number of amides is 1. The number of carbonyl (C=O) groups is 1. The number of aryl methyl sites for hydroxylation is 1. The molecule has 0 saturated carbocycles. The topological polar surface area (TPSA) is 41.1 Å². The summed E-state index contributed by atoms with van der Waals surface area (Å²) in [6.45, 7) is 8.56. The Labute approximate surface area is 104 Å². The normalized spacial score (nSPS) is 11.4. The van der Waals surface area contributed by atoms with Gasteiger partial charge in [-0.3, -0.25) is 10.2 Å². The second-order valence-electron chi connectivity index (χ2n) is 5.37. The molecule has 0 saturated heterocycles. The van der Waals surface area contributed by atoms with Crippen molar-refractivity contribution in [3.05, 3.63) is 34.9 Å². The fraction of sp³-hybridized carbons (Fsp3) is 0.500. The summed E-state index contributed by atoms with van der Waals surface area (Å²) in [5.74, 6) is -0.0124. The lowest BCUT2D eigenvalue weighted by molar-refractivity contribution is -0.121. The Balaban J connectivity index is 2.95. The van der Waals surface area contributed by atoms with E-state index < -0.39 is 0 Å². The van der Waals surface area contributed by atoms with Gasteiger partial charge in [0.15, 0.2) is 0 Å². The summed E-state index contributed by atoms with van der Waals surface area (Å²) < 4.78 is 0. The molecule has 0 atom stereocenters. The highest BCUT2D eigenvalue weighted by Gasteiger charge is 2.15. The molecule has 0 bridgehead atoms. The van der Waals surface area contributed by atoms with Gasteiger partial charge in [0.1, 0.15) is 0 Å². The highest BCUT2D eigenvalue weighted by Crippen LogP contribution is 2.24. The van der Waals surface area contributed by atoms with Crippen molar-refractivity contribution in [1.29, 1.82) is 0 Å². The molecule has 1 amide bonds. The monoisotopic (exact) mass is 234 g/mol. The molecule has 17 heavy (non-hydrogen) atoms. The molecule has 3 heteroatoms. The molecule has 0 radical (unpaired) electrons. The molecule has 0 spiro atoms. The molecular formula is C14H22N2O. The van der Waals surface area contributed by atoms with E-state index in [1.165, 1.54) is 5.56 Å². The number of nitrogens with one attached hydrogen (secondary N) is 2. The number of rotatable bonds is 3. The van der Waals surface area contributed by atoms with Crippen molar-refractivity contribution >= 4 is 5.91 Å². The Kier molecular flexibility index (Phi) is 4.29. The fourth-order valence-electron chi connectivity index (χ4n) is 1.69. The Morgan fingerprint density at radius 3 is 2.47 bits per heavy atom. The summed E-state index contributed by atoms with van der Waals surface area (Å²) in [5.41, 5.74) is 8.86. The molecule has 0 aliphatic heterocycles. The predicted molar refractivity (Wildman–Crippen MR) is 70.8 cm³/mol. The van der Waals surface area contributed by atoms with Gasteiger partial charge in [-0.1, -0.05) is 39.0 Å². The molecule has 2 N–H and O–H groups in total. The van der Waals surface area contributed by atoms with Crippen LogP contribution in [0.2, 0.25) is 0 Å². The molecule has 0 aliphatic rings. The summed E-state index contributed by atoms with van der Waals surface area (Å²) in [4.78, 5) is 11.6. The van der Waals surface area contributed by atoms with E-state index in [1.807, 2.05) is 6.92 Å². The molecule has 0 aromatic heterocycles. The van der Waals surface area contributed by atoms with Crippen LogP contribution < -0.4 is 10.9 Å². The number of carbonyl (C=O) groups excluding carboxylic acids is 1. The van der Waals surface area contributed by atoms with Crippen molar-refractivity contribution in [2.45, 2.75) is 39.5 Å². The zero-order valence-electron chi connectivity index (χ0n) is 11.3. The van der Waals surface area contributed by atoms with Gasteiger partial charge in [-0.05, 0) is 29.0 Å². The van der Waals surface area contributed by atoms with Crippen LogP contribution in [0.15, 0.2) is 18.2 Å². The van der Waals surface area contributed by atoms with Gasteiger partial charge in [0, 0.05) is 7.05 Å². The lowest BCUT2D eigenvalue weighted by Gasteiger charge is -2.20. The van der Waals surface area contributed by atoms with Crippen LogP contribution in [-0.4, -0.2) is 13.0 Å². The molecule has 0 heterocycles. The molecule has 0 fully saturated rings. The minimum absolute atomic E-state index is 0.0124. The fourth-order valence-corrected chi connectivity index (χ4v) is 1.69. The van der Waals surface area contributed by atoms with Gasteiger partial charge in [0.05, 0.1) is 6.42 Å². The summed E-state index contributed by atoms with van der Waals surface area (Å²) in [5, 5.41) is 0. The Bertz CT molecular complexity index is 405. The first kappa shape index (κ1) is 13.7. The molecule has 0 aliphatic carbocycles. The van der Waals surface area contributed by atoms with E-state index in [2.05, 4.69) is 49.8 Å². The van der Waals surface area contributed by atoms with Crippen LogP contribution in [0, 0.1) is 6.92 Å². The second-order valence-corrected chi connectivity index (χ2v) is 5.37. The maximum Gasteiger partial charge on any atom is 0.238 e. The van der Waals surface area contributed by atoms with Crippen molar-refractivity contribution in [1.82, 2.24) is 10.9 Å². The largest absolute Gasteiger partial charge is 0.292 e. The van der Waals surface area contributed by atoms with Crippen molar-refractivity contribution in [3.8, 4) is 0 Å². The van der Waals surface area contributed by atoms with Crippen LogP contribution in [0.3, 0.4) is 0 Å². The first-order chi connectivity index (χ1) is 7.84. The lowest BCUT2D eigenvalue weighted by atomic mass is 9.85. The van der Waals surface area contributed by atoms with Crippen LogP contribution in [0.1, 0.15) is 37.5 Å². The minimum atomic E-state index is -0.0124. The first-order valence-corrected chi connectivity index (χ1v) is 5.90. The number of hydrogen-bond donors (Lipinski definition) is 2. The second kappa shape index (κ2) is 5.32. The molecule has 1 aromatic rings. The van der Waals surface area contributed by atoms with E-state index in [-0.39, 0.29) is 11.3 Å². The SMILES string of the molecule is CNNC(=O)Cc1cc(C(C)(C)C)ccc1C. The molecule has 0 unspecified atom stereocenters. The molecular weight excluding hydrogens is 212 g/mol. The van der Waals surface area contributed by atoms with Crippen molar-refractivity contribution in [3.63, 3.8) is 0 Å². The van der Waals surface area contributed by atoms with Crippen LogP contribution in [-0.2, 0) is 16.6 Å². The quantitative estimate of drug-likeness (QED) is 0.786. The lowest BCUT2D eigenvalue weighted by Crippen LogP contribution is -2.35. The van der Waals surface area contributed by atoms with E-state index in [4.69, 9.17) is 0 Å². The number of hydrogen-bond acceptors (Lipinski definition) is 2. The highest BCUT2D eigenvalue weighted by molar-refractivity contribution is 5.78. The summed E-state index contributed by atoms with van der Waals surface area (Å²) in [6.07, 6.45) is 0.413. The highest BCUT2D eigenvalue weighted by atomic mass is 16.2. The van der Waals surface area contributed by atoms with Gasteiger partial charge in [-0.25, -0.2) is 5.43 Å². The van der Waals surface area contributed by atoms with Crippen molar-refractivity contribution in [2.24, 2.45) is 0 Å². The number of hydrazine groups is 1.